The number of phenols is 1. The third-order valence-electron chi connectivity index (χ3n) is 3.08. The van der Waals surface area contributed by atoms with Gasteiger partial charge in [0.2, 0.25) is 5.91 Å². The molecule has 0 spiro atoms. The van der Waals surface area contributed by atoms with Crippen LogP contribution in [0.5, 0.6) is 11.5 Å². The summed E-state index contributed by atoms with van der Waals surface area (Å²) in [7, 11) is 1.66. The summed E-state index contributed by atoms with van der Waals surface area (Å²) in [6.45, 7) is 0.246. The van der Waals surface area contributed by atoms with Gasteiger partial charge < -0.3 is 20.5 Å². The fourth-order valence-electron chi connectivity index (χ4n) is 1.87. The lowest BCUT2D eigenvalue weighted by atomic mass is 10.2. The SMILES string of the molecule is CN(C(=O)CCOc1ccccc1N)c1cccc(O)c1. The summed E-state index contributed by atoms with van der Waals surface area (Å²) in [4.78, 5) is 13.5. The zero-order chi connectivity index (χ0) is 15.2. The molecule has 0 aliphatic carbocycles. The van der Waals surface area contributed by atoms with E-state index in [1.807, 2.05) is 12.1 Å². The third-order valence-corrected chi connectivity index (χ3v) is 3.08. The van der Waals surface area contributed by atoms with Crippen LogP contribution in [0.15, 0.2) is 48.5 Å². The first-order valence-corrected chi connectivity index (χ1v) is 6.61. The maximum absolute atomic E-state index is 12.1. The highest BCUT2D eigenvalue weighted by atomic mass is 16.5. The normalized spacial score (nSPS) is 10.1. The zero-order valence-corrected chi connectivity index (χ0v) is 11.8. The number of para-hydroxylation sites is 2. The maximum atomic E-state index is 12.1. The Morgan fingerprint density at radius 2 is 2.00 bits per heavy atom. The number of carbonyl (C=O) groups excluding carboxylic acids is 1. The summed E-state index contributed by atoms with van der Waals surface area (Å²) in [6, 6.07) is 13.7. The number of ether oxygens (including phenoxy) is 1. The summed E-state index contributed by atoms with van der Waals surface area (Å²) < 4.78 is 5.50. The number of rotatable bonds is 5. The van der Waals surface area contributed by atoms with Gasteiger partial charge in [0.05, 0.1) is 18.7 Å². The standard InChI is InChI=1S/C16H18N2O3/c1-18(12-5-4-6-13(19)11-12)16(20)9-10-21-15-8-3-2-7-14(15)17/h2-8,11,19H,9-10,17H2,1H3. The van der Waals surface area contributed by atoms with Crippen LogP contribution in [-0.4, -0.2) is 24.7 Å². The number of amides is 1. The minimum atomic E-state index is -0.102. The van der Waals surface area contributed by atoms with Crippen LogP contribution in [0, 0.1) is 0 Å². The number of nitrogens with zero attached hydrogens (tertiary/aromatic N) is 1. The first kappa shape index (κ1) is 14.7. The highest BCUT2D eigenvalue weighted by Crippen LogP contribution is 2.21. The van der Waals surface area contributed by atoms with Gasteiger partial charge in [-0.05, 0) is 24.3 Å². The Kier molecular flexibility index (Phi) is 4.66. The van der Waals surface area contributed by atoms with Crippen molar-refractivity contribution in [2.75, 3.05) is 24.3 Å². The second-order valence-electron chi connectivity index (χ2n) is 4.61. The van der Waals surface area contributed by atoms with Crippen molar-refractivity contribution in [3.8, 4) is 11.5 Å². The molecule has 0 bridgehead atoms. The number of benzene rings is 2. The van der Waals surface area contributed by atoms with Crippen molar-refractivity contribution in [2.45, 2.75) is 6.42 Å². The average molecular weight is 286 g/mol. The molecule has 0 fully saturated rings. The topological polar surface area (TPSA) is 75.8 Å². The predicted molar refractivity (Wildman–Crippen MR) is 82.5 cm³/mol. The van der Waals surface area contributed by atoms with E-state index in [4.69, 9.17) is 10.5 Å². The molecule has 0 saturated heterocycles. The molecule has 2 aromatic rings. The molecule has 2 rings (SSSR count). The number of carbonyl (C=O) groups is 1. The number of nitrogens with two attached hydrogens (primary N) is 1. The van der Waals surface area contributed by atoms with E-state index in [1.165, 1.54) is 11.0 Å². The minimum Gasteiger partial charge on any atom is -0.508 e. The van der Waals surface area contributed by atoms with Crippen LogP contribution in [0.3, 0.4) is 0 Å². The van der Waals surface area contributed by atoms with Crippen LogP contribution in [0.25, 0.3) is 0 Å². The van der Waals surface area contributed by atoms with Gasteiger partial charge in [-0.25, -0.2) is 0 Å². The van der Waals surface area contributed by atoms with Crippen LogP contribution in [0.2, 0.25) is 0 Å². The van der Waals surface area contributed by atoms with E-state index in [0.29, 0.717) is 17.1 Å². The molecule has 0 aromatic heterocycles. The zero-order valence-electron chi connectivity index (χ0n) is 11.8. The van der Waals surface area contributed by atoms with E-state index in [-0.39, 0.29) is 24.7 Å². The fourth-order valence-corrected chi connectivity index (χ4v) is 1.87. The molecule has 3 N–H and O–H groups in total. The van der Waals surface area contributed by atoms with Crippen LogP contribution in [0.1, 0.15) is 6.42 Å². The molecule has 1 amide bonds. The first-order valence-electron chi connectivity index (χ1n) is 6.61. The molecule has 21 heavy (non-hydrogen) atoms. The molecule has 0 unspecified atom stereocenters. The largest absolute Gasteiger partial charge is 0.508 e. The van der Waals surface area contributed by atoms with Gasteiger partial charge in [0, 0.05) is 18.8 Å². The Hall–Kier alpha value is -2.69. The van der Waals surface area contributed by atoms with E-state index >= 15 is 0 Å². The number of hydrogen-bond acceptors (Lipinski definition) is 4. The van der Waals surface area contributed by atoms with E-state index < -0.39 is 0 Å². The van der Waals surface area contributed by atoms with Gasteiger partial charge in [-0.1, -0.05) is 18.2 Å². The minimum absolute atomic E-state index is 0.102. The number of phenolic OH excluding ortho intramolecular Hbond substituents is 1. The van der Waals surface area contributed by atoms with E-state index in [1.54, 1.807) is 37.4 Å². The summed E-state index contributed by atoms with van der Waals surface area (Å²) in [6.07, 6.45) is 0.223. The lowest BCUT2D eigenvalue weighted by molar-refractivity contribution is -0.118. The highest BCUT2D eigenvalue weighted by molar-refractivity contribution is 5.93. The van der Waals surface area contributed by atoms with Gasteiger partial charge in [0.1, 0.15) is 11.5 Å². The van der Waals surface area contributed by atoms with Crippen molar-refractivity contribution in [1.29, 1.82) is 0 Å². The van der Waals surface area contributed by atoms with Crippen molar-refractivity contribution in [3.05, 3.63) is 48.5 Å². The molecule has 5 heteroatoms. The lowest BCUT2D eigenvalue weighted by Crippen LogP contribution is -2.27. The monoisotopic (exact) mass is 286 g/mol. The summed E-state index contributed by atoms with van der Waals surface area (Å²) >= 11 is 0. The van der Waals surface area contributed by atoms with Crippen LogP contribution in [0.4, 0.5) is 11.4 Å². The lowest BCUT2D eigenvalue weighted by Gasteiger charge is -2.17. The Morgan fingerprint density at radius 3 is 2.71 bits per heavy atom. The summed E-state index contributed by atoms with van der Waals surface area (Å²) in [5, 5.41) is 9.42. The van der Waals surface area contributed by atoms with E-state index in [9.17, 15) is 9.90 Å². The molecule has 110 valence electrons. The van der Waals surface area contributed by atoms with Crippen molar-refractivity contribution < 1.29 is 14.6 Å². The maximum Gasteiger partial charge on any atom is 0.230 e. The van der Waals surface area contributed by atoms with E-state index in [0.717, 1.165) is 0 Å². The van der Waals surface area contributed by atoms with E-state index in [2.05, 4.69) is 0 Å². The van der Waals surface area contributed by atoms with Gasteiger partial charge >= 0.3 is 0 Å². The van der Waals surface area contributed by atoms with Crippen molar-refractivity contribution in [1.82, 2.24) is 0 Å². The smallest absolute Gasteiger partial charge is 0.230 e. The number of nitrogen functional groups attached to an aromatic ring is 1. The number of hydrogen-bond donors (Lipinski definition) is 2. The van der Waals surface area contributed by atoms with Gasteiger partial charge in [0.15, 0.2) is 0 Å². The van der Waals surface area contributed by atoms with Crippen molar-refractivity contribution >= 4 is 17.3 Å². The molecule has 0 aliphatic heterocycles. The quantitative estimate of drug-likeness (QED) is 0.828. The predicted octanol–water partition coefficient (Wildman–Crippen LogP) is 2.41. The second kappa shape index (κ2) is 6.65. The van der Waals surface area contributed by atoms with Crippen molar-refractivity contribution in [3.63, 3.8) is 0 Å². The highest BCUT2D eigenvalue weighted by Gasteiger charge is 2.11. The molecular formula is C16H18N2O3. The molecule has 0 aliphatic rings. The number of anilines is 2. The summed E-state index contributed by atoms with van der Waals surface area (Å²) in [5.41, 5.74) is 6.94. The fraction of sp³-hybridized carbons (Fsp3) is 0.188. The summed E-state index contributed by atoms with van der Waals surface area (Å²) in [5.74, 6) is 0.598. The Bertz CT molecular complexity index is 628. The molecule has 0 heterocycles. The Morgan fingerprint density at radius 1 is 1.24 bits per heavy atom. The molecule has 0 atom stereocenters. The van der Waals surface area contributed by atoms with Crippen molar-refractivity contribution in [2.24, 2.45) is 0 Å². The number of aromatic hydroxyl groups is 1. The van der Waals surface area contributed by atoms with Gasteiger partial charge in [-0.2, -0.15) is 0 Å². The van der Waals surface area contributed by atoms with Crippen LogP contribution in [-0.2, 0) is 4.79 Å². The Balaban J connectivity index is 1.89. The third kappa shape index (κ3) is 3.89. The van der Waals surface area contributed by atoms with Gasteiger partial charge in [-0.15, -0.1) is 0 Å². The van der Waals surface area contributed by atoms with Gasteiger partial charge in [-0.3, -0.25) is 4.79 Å². The molecule has 2 aromatic carbocycles. The van der Waals surface area contributed by atoms with Crippen LogP contribution < -0.4 is 15.4 Å². The molecule has 0 radical (unpaired) electrons. The van der Waals surface area contributed by atoms with Gasteiger partial charge in [0.25, 0.3) is 0 Å². The first-order chi connectivity index (χ1) is 10.1. The molecule has 5 nitrogen and oxygen atoms in total. The molecular weight excluding hydrogens is 268 g/mol. The second-order valence-corrected chi connectivity index (χ2v) is 4.61. The Labute approximate surface area is 123 Å². The average Bonchev–Trinajstić information content (AvgIpc) is 2.48. The van der Waals surface area contributed by atoms with Crippen LogP contribution >= 0.6 is 0 Å². The molecule has 0 saturated carbocycles.